The fourth-order valence-electron chi connectivity index (χ4n) is 2.49. The summed E-state index contributed by atoms with van der Waals surface area (Å²) in [6, 6.07) is 11.4. The van der Waals surface area contributed by atoms with Crippen LogP contribution in [0.1, 0.15) is 5.56 Å². The molecular formula is C20H17N3O5S. The quantitative estimate of drug-likeness (QED) is 0.351. The van der Waals surface area contributed by atoms with Crippen molar-refractivity contribution in [2.45, 2.75) is 0 Å². The molecule has 0 saturated heterocycles. The molecule has 0 spiro atoms. The van der Waals surface area contributed by atoms with Crippen LogP contribution in [0.15, 0.2) is 53.9 Å². The van der Waals surface area contributed by atoms with E-state index in [-0.39, 0.29) is 11.6 Å². The molecule has 1 heterocycles. The van der Waals surface area contributed by atoms with Gasteiger partial charge in [-0.25, -0.2) is 4.98 Å². The van der Waals surface area contributed by atoms with E-state index in [9.17, 15) is 14.9 Å². The molecule has 0 aliphatic rings. The summed E-state index contributed by atoms with van der Waals surface area (Å²) in [4.78, 5) is 26.7. The zero-order chi connectivity index (χ0) is 20.8. The van der Waals surface area contributed by atoms with Crippen LogP contribution in [0.3, 0.4) is 0 Å². The summed E-state index contributed by atoms with van der Waals surface area (Å²) in [6.45, 7) is 0. The summed E-state index contributed by atoms with van der Waals surface area (Å²) < 4.78 is 10.5. The minimum Gasteiger partial charge on any atom is -0.493 e. The third-order valence-electron chi connectivity index (χ3n) is 3.94. The van der Waals surface area contributed by atoms with Crippen molar-refractivity contribution in [1.29, 1.82) is 0 Å². The number of rotatable bonds is 7. The Hall–Kier alpha value is -3.72. The number of nitro benzene ring substituents is 1. The Labute approximate surface area is 170 Å². The number of aromatic nitrogens is 1. The molecule has 0 atom stereocenters. The lowest BCUT2D eigenvalue weighted by Crippen LogP contribution is -2.07. The maximum Gasteiger partial charge on any atom is 0.269 e. The first-order valence-corrected chi connectivity index (χ1v) is 9.29. The molecule has 0 aliphatic heterocycles. The summed E-state index contributed by atoms with van der Waals surface area (Å²) >= 11 is 1.30. The number of methoxy groups -OCH3 is 2. The van der Waals surface area contributed by atoms with Crippen molar-refractivity contribution in [3.05, 3.63) is 69.6 Å². The number of carbonyl (C=O) groups excluding carboxylic acids is 1. The third kappa shape index (κ3) is 4.96. The van der Waals surface area contributed by atoms with Crippen LogP contribution in [-0.4, -0.2) is 30.0 Å². The number of hydrogen-bond donors (Lipinski definition) is 1. The van der Waals surface area contributed by atoms with Crippen LogP contribution in [0.25, 0.3) is 17.3 Å². The molecular weight excluding hydrogens is 394 g/mol. The highest BCUT2D eigenvalue weighted by Crippen LogP contribution is 2.33. The van der Waals surface area contributed by atoms with E-state index in [1.807, 2.05) is 17.5 Å². The van der Waals surface area contributed by atoms with Crippen LogP contribution >= 0.6 is 11.3 Å². The molecule has 1 N–H and O–H groups in total. The zero-order valence-corrected chi connectivity index (χ0v) is 16.4. The number of nitro groups is 1. The first-order chi connectivity index (χ1) is 14.0. The van der Waals surface area contributed by atoms with E-state index in [1.165, 1.54) is 29.5 Å². The minimum absolute atomic E-state index is 0.00270. The van der Waals surface area contributed by atoms with Gasteiger partial charge in [0.25, 0.3) is 5.69 Å². The Bertz CT molecular complexity index is 1060. The molecule has 0 unspecified atom stereocenters. The second-order valence-electron chi connectivity index (χ2n) is 5.78. The number of thiazole rings is 1. The van der Waals surface area contributed by atoms with Gasteiger partial charge in [-0.1, -0.05) is 0 Å². The van der Waals surface area contributed by atoms with Gasteiger partial charge >= 0.3 is 0 Å². The van der Waals surface area contributed by atoms with Gasteiger partial charge in [-0.15, -0.1) is 11.3 Å². The van der Waals surface area contributed by atoms with Crippen molar-refractivity contribution >= 4 is 34.1 Å². The standard InChI is InChI=1S/C20H17N3O5S/c1-27-17-9-6-14(11-18(17)28-2)16-12-29-20(21-16)22-19(24)10-5-13-3-7-15(8-4-13)23(25)26/h3-12H,1-2H3,(H,21,22,24)/b10-5+. The van der Waals surface area contributed by atoms with E-state index in [2.05, 4.69) is 10.3 Å². The Morgan fingerprint density at radius 3 is 2.52 bits per heavy atom. The number of ether oxygens (including phenoxy) is 2. The molecule has 0 saturated carbocycles. The lowest BCUT2D eigenvalue weighted by molar-refractivity contribution is -0.384. The number of carbonyl (C=O) groups is 1. The summed E-state index contributed by atoms with van der Waals surface area (Å²) in [5, 5.41) is 15.6. The Morgan fingerprint density at radius 1 is 1.14 bits per heavy atom. The minimum atomic E-state index is -0.474. The fourth-order valence-corrected chi connectivity index (χ4v) is 3.21. The average Bonchev–Trinajstić information content (AvgIpc) is 3.20. The smallest absolute Gasteiger partial charge is 0.269 e. The van der Waals surface area contributed by atoms with E-state index in [0.717, 1.165) is 5.56 Å². The number of anilines is 1. The predicted molar refractivity (Wildman–Crippen MR) is 111 cm³/mol. The lowest BCUT2D eigenvalue weighted by atomic mass is 10.1. The monoisotopic (exact) mass is 411 g/mol. The van der Waals surface area contributed by atoms with Gasteiger partial charge in [0.15, 0.2) is 16.6 Å². The van der Waals surface area contributed by atoms with Crippen LogP contribution in [0, 0.1) is 10.1 Å². The average molecular weight is 411 g/mol. The molecule has 8 nitrogen and oxygen atoms in total. The van der Waals surface area contributed by atoms with Gasteiger partial charge in [0.1, 0.15) is 0 Å². The molecule has 0 radical (unpaired) electrons. The van der Waals surface area contributed by atoms with Crippen molar-refractivity contribution in [2.24, 2.45) is 0 Å². The highest BCUT2D eigenvalue weighted by Gasteiger charge is 2.10. The maximum absolute atomic E-state index is 12.1. The number of nitrogens with one attached hydrogen (secondary N) is 1. The summed E-state index contributed by atoms with van der Waals surface area (Å²) in [6.07, 6.45) is 2.92. The van der Waals surface area contributed by atoms with Crippen LogP contribution in [0.2, 0.25) is 0 Å². The number of amides is 1. The Kier molecular flexibility index (Phi) is 6.20. The van der Waals surface area contributed by atoms with E-state index in [0.29, 0.717) is 27.9 Å². The molecule has 1 aromatic heterocycles. The van der Waals surface area contributed by atoms with Crippen molar-refractivity contribution in [3.63, 3.8) is 0 Å². The third-order valence-corrected chi connectivity index (χ3v) is 4.70. The molecule has 0 aliphatic carbocycles. The maximum atomic E-state index is 12.1. The molecule has 29 heavy (non-hydrogen) atoms. The van der Waals surface area contributed by atoms with Gasteiger partial charge in [-0.3, -0.25) is 20.2 Å². The van der Waals surface area contributed by atoms with Gasteiger partial charge in [0.05, 0.1) is 24.8 Å². The second-order valence-corrected chi connectivity index (χ2v) is 6.64. The van der Waals surface area contributed by atoms with Crippen molar-refractivity contribution in [2.75, 3.05) is 19.5 Å². The van der Waals surface area contributed by atoms with E-state index < -0.39 is 4.92 Å². The second kappa shape index (κ2) is 8.98. The molecule has 3 rings (SSSR count). The summed E-state index contributed by atoms with van der Waals surface area (Å²) in [5.41, 5.74) is 2.21. The molecule has 0 fully saturated rings. The van der Waals surface area contributed by atoms with Crippen LogP contribution in [-0.2, 0) is 4.79 Å². The highest BCUT2D eigenvalue weighted by molar-refractivity contribution is 7.14. The Morgan fingerprint density at radius 2 is 1.86 bits per heavy atom. The van der Waals surface area contributed by atoms with Gasteiger partial charge < -0.3 is 9.47 Å². The van der Waals surface area contributed by atoms with Gasteiger partial charge in [-0.2, -0.15) is 0 Å². The number of nitrogens with zero attached hydrogens (tertiary/aromatic N) is 2. The number of hydrogen-bond acceptors (Lipinski definition) is 7. The molecule has 0 bridgehead atoms. The first kappa shape index (κ1) is 20.0. The normalized spacial score (nSPS) is 10.7. The molecule has 2 aromatic carbocycles. The largest absolute Gasteiger partial charge is 0.493 e. The zero-order valence-electron chi connectivity index (χ0n) is 15.6. The van der Waals surface area contributed by atoms with Gasteiger partial charge in [0.2, 0.25) is 5.91 Å². The van der Waals surface area contributed by atoms with Gasteiger partial charge in [-0.05, 0) is 42.0 Å². The fraction of sp³-hybridized carbons (Fsp3) is 0.100. The van der Waals surface area contributed by atoms with Crippen LogP contribution in [0.4, 0.5) is 10.8 Å². The predicted octanol–water partition coefficient (Wildman–Crippen LogP) is 4.39. The summed E-state index contributed by atoms with van der Waals surface area (Å²) in [5.74, 6) is 0.863. The lowest BCUT2D eigenvalue weighted by Gasteiger charge is -2.08. The number of benzene rings is 2. The number of non-ortho nitro benzene ring substituents is 1. The van der Waals surface area contributed by atoms with Crippen molar-refractivity contribution in [1.82, 2.24) is 4.98 Å². The summed E-state index contributed by atoms with van der Waals surface area (Å²) in [7, 11) is 3.13. The Balaban J connectivity index is 1.66. The van der Waals surface area contributed by atoms with E-state index >= 15 is 0 Å². The van der Waals surface area contributed by atoms with E-state index in [4.69, 9.17) is 9.47 Å². The van der Waals surface area contributed by atoms with Crippen LogP contribution in [0.5, 0.6) is 11.5 Å². The molecule has 1 amide bonds. The van der Waals surface area contributed by atoms with Crippen molar-refractivity contribution < 1.29 is 19.2 Å². The topological polar surface area (TPSA) is 104 Å². The highest BCUT2D eigenvalue weighted by atomic mass is 32.1. The van der Waals surface area contributed by atoms with Crippen molar-refractivity contribution in [3.8, 4) is 22.8 Å². The van der Waals surface area contributed by atoms with Crippen LogP contribution < -0.4 is 14.8 Å². The van der Waals surface area contributed by atoms with E-state index in [1.54, 1.807) is 38.5 Å². The first-order valence-electron chi connectivity index (χ1n) is 8.41. The molecule has 3 aromatic rings. The van der Waals surface area contributed by atoms with Gasteiger partial charge in [0, 0.05) is 29.2 Å². The molecule has 148 valence electrons. The molecule has 9 heteroatoms. The SMILES string of the molecule is COc1ccc(-c2csc(NC(=O)/C=C/c3ccc([N+](=O)[O-])cc3)n2)cc1OC.